The van der Waals surface area contributed by atoms with Gasteiger partial charge in [-0.2, -0.15) is 10.5 Å². The highest BCUT2D eigenvalue weighted by Crippen LogP contribution is 2.16. The highest BCUT2D eigenvalue weighted by Gasteiger charge is 2.20. The molecule has 0 amide bonds. The molecule has 90 valence electrons. The summed E-state index contributed by atoms with van der Waals surface area (Å²) in [5.41, 5.74) is 0.404. The van der Waals surface area contributed by atoms with Crippen LogP contribution < -0.4 is 0 Å². The Balaban J connectivity index is 4.80. The van der Waals surface area contributed by atoms with Crippen LogP contribution in [0.15, 0.2) is 23.3 Å². The first-order valence-corrected chi connectivity index (χ1v) is 5.32. The van der Waals surface area contributed by atoms with E-state index in [-0.39, 0.29) is 11.7 Å². The van der Waals surface area contributed by atoms with Crippen LogP contribution in [0.5, 0.6) is 0 Å². The molecule has 0 aromatic heterocycles. The zero-order chi connectivity index (χ0) is 13.4. The summed E-state index contributed by atoms with van der Waals surface area (Å²) in [6, 6.07) is 3.53. The van der Waals surface area contributed by atoms with E-state index < -0.39 is 11.9 Å². The highest BCUT2D eigenvalue weighted by atomic mass is 16.5. The van der Waals surface area contributed by atoms with Gasteiger partial charge in [0.05, 0.1) is 5.92 Å². The molecule has 0 aromatic rings. The maximum atomic E-state index is 11.7. The number of rotatable bonds is 4. The summed E-state index contributed by atoms with van der Waals surface area (Å²) in [6.45, 7) is 6.80. The molecule has 4 heteroatoms. The third-order valence-electron chi connectivity index (χ3n) is 2.39. The van der Waals surface area contributed by atoms with Crippen LogP contribution in [-0.2, 0) is 9.53 Å². The van der Waals surface area contributed by atoms with Gasteiger partial charge in [0.25, 0.3) is 0 Å². The molecule has 0 aliphatic rings. The molecule has 0 heterocycles. The second-order valence-corrected chi connectivity index (χ2v) is 3.67. The average Bonchev–Trinajstić information content (AvgIpc) is 2.29. The van der Waals surface area contributed by atoms with Crippen LogP contribution in [0, 0.1) is 28.6 Å². The molecule has 2 atom stereocenters. The summed E-state index contributed by atoms with van der Waals surface area (Å²) in [4.78, 5) is 11.7. The monoisotopic (exact) mass is 232 g/mol. The number of hydrogen-bond donors (Lipinski definition) is 0. The molecular weight excluding hydrogens is 216 g/mol. The first-order chi connectivity index (χ1) is 7.97. The van der Waals surface area contributed by atoms with Crippen molar-refractivity contribution in [3.63, 3.8) is 0 Å². The number of carbonyl (C=O) groups excluding carboxylic acids is 1. The van der Waals surface area contributed by atoms with Gasteiger partial charge in [-0.1, -0.05) is 6.08 Å². The number of ether oxygens (including phenoxy) is 1. The number of nitrogens with zero attached hydrogens (tertiary/aromatic N) is 2. The summed E-state index contributed by atoms with van der Waals surface area (Å²) < 4.78 is 5.13. The van der Waals surface area contributed by atoms with Gasteiger partial charge in [0.2, 0.25) is 0 Å². The number of esters is 1. The quantitative estimate of drug-likeness (QED) is 0.424. The second kappa shape index (κ2) is 7.24. The molecule has 0 aliphatic carbocycles. The standard InChI is InChI=1S/C13H16N2O2/c1-5-6-9(2)17-13(16)11(4)10(3)12(7-14)8-15/h5-6,9,11H,1-4H3/b6-5+/t9?,11-/m1/s1. The number of allylic oxidation sites excluding steroid dienone is 2. The van der Waals surface area contributed by atoms with Gasteiger partial charge in [-0.05, 0) is 39.3 Å². The Morgan fingerprint density at radius 2 is 1.82 bits per heavy atom. The fourth-order valence-corrected chi connectivity index (χ4v) is 1.19. The van der Waals surface area contributed by atoms with E-state index in [4.69, 9.17) is 15.3 Å². The van der Waals surface area contributed by atoms with Crippen molar-refractivity contribution in [3.05, 3.63) is 23.3 Å². The molecule has 0 bridgehead atoms. The van der Waals surface area contributed by atoms with Crippen molar-refractivity contribution in [2.24, 2.45) is 5.92 Å². The third-order valence-corrected chi connectivity index (χ3v) is 2.39. The summed E-state index contributed by atoms with van der Waals surface area (Å²) in [6.07, 6.45) is 3.23. The molecule has 4 nitrogen and oxygen atoms in total. The van der Waals surface area contributed by atoms with Gasteiger partial charge in [-0.15, -0.1) is 0 Å². The minimum absolute atomic E-state index is 0.0341. The molecule has 0 aliphatic heterocycles. The summed E-state index contributed by atoms with van der Waals surface area (Å²) in [5, 5.41) is 17.4. The zero-order valence-electron chi connectivity index (χ0n) is 10.5. The van der Waals surface area contributed by atoms with Crippen LogP contribution in [0.25, 0.3) is 0 Å². The largest absolute Gasteiger partial charge is 0.458 e. The van der Waals surface area contributed by atoms with Crippen molar-refractivity contribution < 1.29 is 9.53 Å². The zero-order valence-corrected chi connectivity index (χ0v) is 10.5. The van der Waals surface area contributed by atoms with E-state index in [2.05, 4.69) is 0 Å². The van der Waals surface area contributed by atoms with Gasteiger partial charge in [0, 0.05) is 0 Å². The topological polar surface area (TPSA) is 73.9 Å². The molecule has 0 radical (unpaired) electrons. The molecular formula is C13H16N2O2. The minimum atomic E-state index is -0.586. The van der Waals surface area contributed by atoms with E-state index in [1.807, 2.05) is 6.92 Å². The summed E-state index contributed by atoms with van der Waals surface area (Å²) in [5.74, 6) is -1.02. The van der Waals surface area contributed by atoms with Gasteiger partial charge < -0.3 is 4.74 Å². The van der Waals surface area contributed by atoms with E-state index in [1.165, 1.54) is 0 Å². The SMILES string of the molecule is C/C=C/C(C)OC(=O)[C@H](C)C(C)=C(C#N)C#N. The van der Waals surface area contributed by atoms with Crippen molar-refractivity contribution in [2.75, 3.05) is 0 Å². The van der Waals surface area contributed by atoms with Crippen LogP contribution in [0.1, 0.15) is 27.7 Å². The molecule has 0 saturated heterocycles. The lowest BCUT2D eigenvalue weighted by Gasteiger charge is -2.14. The van der Waals surface area contributed by atoms with Crippen LogP contribution in [0.3, 0.4) is 0 Å². The molecule has 1 unspecified atom stereocenters. The van der Waals surface area contributed by atoms with Gasteiger partial charge in [-0.25, -0.2) is 0 Å². The molecule has 0 aromatic carbocycles. The number of hydrogen-bond acceptors (Lipinski definition) is 4. The molecule has 0 fully saturated rings. The lowest BCUT2D eigenvalue weighted by atomic mass is 9.98. The molecule has 0 rings (SSSR count). The minimum Gasteiger partial charge on any atom is -0.458 e. The van der Waals surface area contributed by atoms with Crippen LogP contribution in [0.2, 0.25) is 0 Å². The first kappa shape index (κ1) is 14.9. The van der Waals surface area contributed by atoms with E-state index in [1.54, 1.807) is 45.1 Å². The van der Waals surface area contributed by atoms with Crippen LogP contribution in [0.4, 0.5) is 0 Å². The van der Waals surface area contributed by atoms with E-state index in [0.29, 0.717) is 5.57 Å². The Morgan fingerprint density at radius 1 is 1.29 bits per heavy atom. The fraction of sp³-hybridized carbons (Fsp3) is 0.462. The predicted molar refractivity (Wildman–Crippen MR) is 63.5 cm³/mol. The molecule has 0 spiro atoms. The Labute approximate surface area is 102 Å². The van der Waals surface area contributed by atoms with Crippen molar-refractivity contribution in [2.45, 2.75) is 33.8 Å². The average molecular weight is 232 g/mol. The Kier molecular flexibility index (Phi) is 6.36. The third kappa shape index (κ3) is 4.53. The lowest BCUT2D eigenvalue weighted by molar-refractivity contribution is -0.149. The normalized spacial score (nSPS) is 13.3. The van der Waals surface area contributed by atoms with Gasteiger partial charge in [-0.3, -0.25) is 4.79 Å². The van der Waals surface area contributed by atoms with E-state index >= 15 is 0 Å². The highest BCUT2D eigenvalue weighted by molar-refractivity contribution is 5.76. The van der Waals surface area contributed by atoms with Crippen LogP contribution in [-0.4, -0.2) is 12.1 Å². The number of carbonyl (C=O) groups is 1. The molecule has 0 saturated carbocycles. The maximum absolute atomic E-state index is 11.7. The lowest BCUT2D eigenvalue weighted by Crippen LogP contribution is -2.21. The van der Waals surface area contributed by atoms with Gasteiger partial charge >= 0.3 is 5.97 Å². The maximum Gasteiger partial charge on any atom is 0.313 e. The smallest absolute Gasteiger partial charge is 0.313 e. The Morgan fingerprint density at radius 3 is 2.24 bits per heavy atom. The molecule has 17 heavy (non-hydrogen) atoms. The second-order valence-electron chi connectivity index (χ2n) is 3.67. The summed E-state index contributed by atoms with van der Waals surface area (Å²) in [7, 11) is 0. The van der Waals surface area contributed by atoms with Crippen LogP contribution >= 0.6 is 0 Å². The summed E-state index contributed by atoms with van der Waals surface area (Å²) >= 11 is 0. The predicted octanol–water partition coefficient (Wildman–Crippen LogP) is 2.49. The Hall–Kier alpha value is -2.07. The van der Waals surface area contributed by atoms with Crippen molar-refractivity contribution in [1.82, 2.24) is 0 Å². The van der Waals surface area contributed by atoms with Crippen molar-refractivity contribution in [1.29, 1.82) is 10.5 Å². The van der Waals surface area contributed by atoms with Gasteiger partial charge in [0.15, 0.2) is 0 Å². The Bertz CT molecular complexity index is 406. The fourth-order valence-electron chi connectivity index (χ4n) is 1.19. The van der Waals surface area contributed by atoms with E-state index in [0.717, 1.165) is 0 Å². The molecule has 0 N–H and O–H groups in total. The van der Waals surface area contributed by atoms with Crippen molar-refractivity contribution in [3.8, 4) is 12.1 Å². The van der Waals surface area contributed by atoms with Crippen molar-refractivity contribution >= 4 is 5.97 Å². The first-order valence-electron chi connectivity index (χ1n) is 5.32. The number of nitriles is 2. The van der Waals surface area contributed by atoms with E-state index in [9.17, 15) is 4.79 Å². The van der Waals surface area contributed by atoms with Gasteiger partial charge in [0.1, 0.15) is 23.8 Å².